The normalized spacial score (nSPS) is 17.3. The molecule has 1 aromatic rings. The highest BCUT2D eigenvalue weighted by Crippen LogP contribution is 2.19. The average molecular weight is 220 g/mol. The summed E-state index contributed by atoms with van der Waals surface area (Å²) in [4.78, 5) is 4.42. The Kier molecular flexibility index (Phi) is 3.67. The standard InChI is InChI=1S/C12H16N2S/c1-2-11(10-6-4-3-5-7-10)14-12-13-8-9-15-12/h3-7,11H,2,8-9H2,1H3,(H,13,14). The van der Waals surface area contributed by atoms with E-state index in [-0.39, 0.29) is 0 Å². The van der Waals surface area contributed by atoms with Gasteiger partial charge in [0, 0.05) is 5.75 Å². The van der Waals surface area contributed by atoms with E-state index in [1.807, 2.05) is 11.8 Å². The molecule has 0 spiro atoms. The van der Waals surface area contributed by atoms with Crippen LogP contribution in [-0.2, 0) is 0 Å². The minimum Gasteiger partial charge on any atom is -0.358 e. The summed E-state index contributed by atoms with van der Waals surface area (Å²) in [5.41, 5.74) is 1.34. The van der Waals surface area contributed by atoms with Crippen LogP contribution in [-0.4, -0.2) is 17.5 Å². The molecule has 0 saturated carbocycles. The molecule has 0 bridgehead atoms. The summed E-state index contributed by atoms with van der Waals surface area (Å²) in [6.07, 6.45) is 1.09. The van der Waals surface area contributed by atoms with Crippen LogP contribution in [0.3, 0.4) is 0 Å². The lowest BCUT2D eigenvalue weighted by Crippen LogP contribution is -2.24. The van der Waals surface area contributed by atoms with Gasteiger partial charge in [-0.2, -0.15) is 0 Å². The Morgan fingerprint density at radius 3 is 2.80 bits per heavy atom. The molecular weight excluding hydrogens is 204 g/mol. The third-order valence-corrected chi connectivity index (χ3v) is 3.40. The van der Waals surface area contributed by atoms with Gasteiger partial charge in [0.1, 0.15) is 0 Å². The number of benzene rings is 1. The predicted molar refractivity (Wildman–Crippen MR) is 67.4 cm³/mol. The molecular formula is C12H16N2S. The summed E-state index contributed by atoms with van der Waals surface area (Å²) < 4.78 is 0. The molecule has 0 aliphatic carbocycles. The van der Waals surface area contributed by atoms with Gasteiger partial charge in [0.2, 0.25) is 0 Å². The van der Waals surface area contributed by atoms with E-state index in [1.54, 1.807) is 0 Å². The molecule has 15 heavy (non-hydrogen) atoms. The van der Waals surface area contributed by atoms with Crippen LogP contribution in [0.25, 0.3) is 0 Å². The molecule has 1 aliphatic heterocycles. The Morgan fingerprint density at radius 2 is 2.20 bits per heavy atom. The zero-order valence-electron chi connectivity index (χ0n) is 8.94. The minimum atomic E-state index is 0.399. The molecule has 1 aromatic carbocycles. The molecule has 1 aliphatic rings. The minimum absolute atomic E-state index is 0.399. The van der Waals surface area contributed by atoms with Gasteiger partial charge < -0.3 is 5.32 Å². The van der Waals surface area contributed by atoms with Crippen molar-refractivity contribution in [1.82, 2.24) is 5.32 Å². The molecule has 0 amide bonds. The first-order valence-electron chi connectivity index (χ1n) is 5.39. The van der Waals surface area contributed by atoms with Gasteiger partial charge in [0.25, 0.3) is 0 Å². The smallest absolute Gasteiger partial charge is 0.157 e. The van der Waals surface area contributed by atoms with E-state index >= 15 is 0 Å². The summed E-state index contributed by atoms with van der Waals surface area (Å²) in [5.74, 6) is 1.12. The second kappa shape index (κ2) is 5.21. The van der Waals surface area contributed by atoms with E-state index in [0.29, 0.717) is 6.04 Å². The summed E-state index contributed by atoms with van der Waals surface area (Å²) in [6, 6.07) is 11.0. The summed E-state index contributed by atoms with van der Waals surface area (Å²) >= 11 is 1.82. The third kappa shape index (κ3) is 2.75. The molecule has 0 fully saturated rings. The Bertz CT molecular complexity index is 335. The first-order valence-corrected chi connectivity index (χ1v) is 6.37. The number of hydrogen-bond acceptors (Lipinski definition) is 3. The first-order chi connectivity index (χ1) is 7.40. The van der Waals surface area contributed by atoms with Crippen molar-refractivity contribution in [2.24, 2.45) is 4.99 Å². The topological polar surface area (TPSA) is 24.4 Å². The fraction of sp³-hybridized carbons (Fsp3) is 0.417. The molecule has 1 atom stereocenters. The molecule has 1 N–H and O–H groups in total. The van der Waals surface area contributed by atoms with Crippen LogP contribution in [0.4, 0.5) is 0 Å². The monoisotopic (exact) mass is 220 g/mol. The number of thioether (sulfide) groups is 1. The van der Waals surface area contributed by atoms with Gasteiger partial charge in [-0.3, -0.25) is 4.99 Å². The predicted octanol–water partition coefficient (Wildman–Crippen LogP) is 2.83. The Labute approximate surface area is 95.2 Å². The van der Waals surface area contributed by atoms with E-state index in [9.17, 15) is 0 Å². The molecule has 0 aromatic heterocycles. The zero-order valence-corrected chi connectivity index (χ0v) is 9.76. The van der Waals surface area contributed by atoms with Crippen molar-refractivity contribution < 1.29 is 0 Å². The number of nitrogens with one attached hydrogen (secondary N) is 1. The van der Waals surface area contributed by atoms with E-state index < -0.39 is 0 Å². The largest absolute Gasteiger partial charge is 0.358 e. The van der Waals surface area contributed by atoms with E-state index in [0.717, 1.165) is 23.9 Å². The van der Waals surface area contributed by atoms with Crippen molar-refractivity contribution in [3.8, 4) is 0 Å². The van der Waals surface area contributed by atoms with Crippen molar-refractivity contribution in [1.29, 1.82) is 0 Å². The number of rotatable bonds is 3. The van der Waals surface area contributed by atoms with Gasteiger partial charge >= 0.3 is 0 Å². The van der Waals surface area contributed by atoms with E-state index in [1.165, 1.54) is 5.56 Å². The molecule has 0 radical (unpaired) electrons. The van der Waals surface area contributed by atoms with Crippen LogP contribution in [0.5, 0.6) is 0 Å². The average Bonchev–Trinajstić information content (AvgIpc) is 2.80. The number of hydrogen-bond donors (Lipinski definition) is 1. The lowest BCUT2D eigenvalue weighted by atomic mass is 10.1. The van der Waals surface area contributed by atoms with Gasteiger partial charge in [0.15, 0.2) is 5.17 Å². The highest BCUT2D eigenvalue weighted by molar-refractivity contribution is 8.14. The van der Waals surface area contributed by atoms with Crippen molar-refractivity contribution in [3.63, 3.8) is 0 Å². The highest BCUT2D eigenvalue weighted by Gasteiger charge is 2.13. The summed E-state index contributed by atoms with van der Waals surface area (Å²) in [5, 5.41) is 4.60. The van der Waals surface area contributed by atoms with Gasteiger partial charge in [-0.1, -0.05) is 49.0 Å². The maximum absolute atomic E-state index is 4.42. The Hall–Kier alpha value is -0.960. The van der Waals surface area contributed by atoms with Gasteiger partial charge in [0.05, 0.1) is 12.6 Å². The van der Waals surface area contributed by atoms with Crippen molar-refractivity contribution >= 4 is 16.9 Å². The summed E-state index contributed by atoms with van der Waals surface area (Å²) in [6.45, 7) is 3.16. The molecule has 0 saturated heterocycles. The van der Waals surface area contributed by atoms with Crippen LogP contribution in [0.15, 0.2) is 35.3 Å². The Morgan fingerprint density at radius 1 is 1.40 bits per heavy atom. The highest BCUT2D eigenvalue weighted by atomic mass is 32.2. The number of amidine groups is 1. The van der Waals surface area contributed by atoms with E-state index in [2.05, 4.69) is 47.6 Å². The summed E-state index contributed by atoms with van der Waals surface area (Å²) in [7, 11) is 0. The lowest BCUT2D eigenvalue weighted by Gasteiger charge is -2.17. The van der Waals surface area contributed by atoms with Crippen LogP contribution in [0, 0.1) is 0 Å². The van der Waals surface area contributed by atoms with Crippen LogP contribution < -0.4 is 5.32 Å². The van der Waals surface area contributed by atoms with Crippen LogP contribution in [0.1, 0.15) is 24.9 Å². The molecule has 1 unspecified atom stereocenters. The van der Waals surface area contributed by atoms with Gasteiger partial charge in [-0.15, -0.1) is 0 Å². The second-order valence-corrected chi connectivity index (χ2v) is 4.63. The van der Waals surface area contributed by atoms with Gasteiger partial charge in [-0.25, -0.2) is 0 Å². The Balaban J connectivity index is 2.04. The fourth-order valence-electron chi connectivity index (χ4n) is 1.68. The molecule has 1 heterocycles. The number of aliphatic imine (C=N–C) groups is 1. The maximum Gasteiger partial charge on any atom is 0.157 e. The lowest BCUT2D eigenvalue weighted by molar-refractivity contribution is 0.630. The SMILES string of the molecule is CCC(NC1=NCCS1)c1ccccc1. The fourth-order valence-corrected chi connectivity index (χ4v) is 2.46. The van der Waals surface area contributed by atoms with Crippen LogP contribution in [0.2, 0.25) is 0 Å². The molecule has 3 heteroatoms. The zero-order chi connectivity index (χ0) is 10.5. The molecule has 2 rings (SSSR count). The van der Waals surface area contributed by atoms with Crippen LogP contribution >= 0.6 is 11.8 Å². The van der Waals surface area contributed by atoms with Crippen molar-refractivity contribution in [3.05, 3.63) is 35.9 Å². The van der Waals surface area contributed by atoms with E-state index in [4.69, 9.17) is 0 Å². The number of nitrogens with zero attached hydrogens (tertiary/aromatic N) is 1. The first kappa shape index (κ1) is 10.6. The molecule has 80 valence electrons. The quantitative estimate of drug-likeness (QED) is 0.847. The third-order valence-electron chi connectivity index (χ3n) is 2.49. The molecule has 2 nitrogen and oxygen atoms in total. The van der Waals surface area contributed by atoms with Gasteiger partial charge in [-0.05, 0) is 12.0 Å². The maximum atomic E-state index is 4.42. The van der Waals surface area contributed by atoms with Crippen molar-refractivity contribution in [2.45, 2.75) is 19.4 Å². The second-order valence-electron chi connectivity index (χ2n) is 3.55. The van der Waals surface area contributed by atoms with Crippen molar-refractivity contribution in [2.75, 3.05) is 12.3 Å².